The van der Waals surface area contributed by atoms with Crippen LogP contribution in [0.4, 0.5) is 0 Å². The van der Waals surface area contributed by atoms with Crippen LogP contribution in [0.2, 0.25) is 0 Å². The van der Waals surface area contributed by atoms with Crippen molar-refractivity contribution in [3.05, 3.63) is 15.9 Å². The highest BCUT2D eigenvalue weighted by atomic mass is 79.9. The lowest BCUT2D eigenvalue weighted by Crippen LogP contribution is -2.37. The van der Waals surface area contributed by atoms with E-state index in [-0.39, 0.29) is 0 Å². The number of rotatable bonds is 6. The molecule has 1 unspecified atom stereocenters. The summed E-state index contributed by atoms with van der Waals surface area (Å²) < 4.78 is 3.30. The zero-order chi connectivity index (χ0) is 14.5. The summed E-state index contributed by atoms with van der Waals surface area (Å²) in [5.74, 6) is 0.788. The van der Waals surface area contributed by atoms with Crippen LogP contribution in [0.5, 0.6) is 0 Å². The molecule has 1 fully saturated rings. The molecule has 2 heterocycles. The van der Waals surface area contributed by atoms with Crippen LogP contribution in [-0.2, 0) is 19.5 Å². The quantitative estimate of drug-likeness (QED) is 0.862. The lowest BCUT2D eigenvalue weighted by Gasteiger charge is -2.29. The van der Waals surface area contributed by atoms with Crippen molar-refractivity contribution in [2.45, 2.75) is 46.2 Å². The average molecular weight is 343 g/mol. The Labute approximate surface area is 131 Å². The average Bonchev–Trinajstić information content (AvgIpc) is 2.75. The molecule has 1 aromatic heterocycles. The molecule has 1 aromatic rings. The van der Waals surface area contributed by atoms with Gasteiger partial charge in [-0.15, -0.1) is 0 Å². The predicted octanol–water partition coefficient (Wildman–Crippen LogP) is 2.66. The fourth-order valence-corrected chi connectivity index (χ4v) is 3.73. The standard InChI is InChI=1S/C15H27BrN4/c1-4-13-15(16)14(20(5-2)18-13)10-17-9-12-7-6-8-19(3)11-12/h12,17H,4-11H2,1-3H3. The van der Waals surface area contributed by atoms with E-state index in [2.05, 4.69) is 56.8 Å². The van der Waals surface area contributed by atoms with Crippen molar-refractivity contribution in [3.8, 4) is 0 Å². The zero-order valence-electron chi connectivity index (χ0n) is 13.0. The van der Waals surface area contributed by atoms with Crippen LogP contribution in [0.25, 0.3) is 0 Å². The minimum Gasteiger partial charge on any atom is -0.311 e. The molecule has 114 valence electrons. The van der Waals surface area contributed by atoms with Crippen molar-refractivity contribution < 1.29 is 0 Å². The van der Waals surface area contributed by atoms with E-state index in [4.69, 9.17) is 0 Å². The highest BCUT2D eigenvalue weighted by Crippen LogP contribution is 2.22. The molecule has 0 spiro atoms. The molecule has 1 N–H and O–H groups in total. The number of halogens is 1. The number of likely N-dealkylation sites (tertiary alicyclic amines) is 1. The topological polar surface area (TPSA) is 33.1 Å². The second-order valence-electron chi connectivity index (χ2n) is 5.78. The van der Waals surface area contributed by atoms with E-state index in [0.717, 1.165) is 32.0 Å². The molecule has 1 aliphatic heterocycles. The normalized spacial score (nSPS) is 20.5. The van der Waals surface area contributed by atoms with Gasteiger partial charge in [0.25, 0.3) is 0 Å². The van der Waals surface area contributed by atoms with Crippen molar-refractivity contribution in [1.29, 1.82) is 0 Å². The van der Waals surface area contributed by atoms with Gasteiger partial charge in [0.2, 0.25) is 0 Å². The molecule has 1 atom stereocenters. The van der Waals surface area contributed by atoms with Crippen LogP contribution in [0, 0.1) is 5.92 Å². The van der Waals surface area contributed by atoms with Crippen molar-refractivity contribution in [2.24, 2.45) is 5.92 Å². The summed E-state index contributed by atoms with van der Waals surface area (Å²) in [6.07, 6.45) is 3.67. The van der Waals surface area contributed by atoms with E-state index in [9.17, 15) is 0 Å². The maximum atomic E-state index is 4.65. The van der Waals surface area contributed by atoms with E-state index < -0.39 is 0 Å². The van der Waals surface area contributed by atoms with Gasteiger partial charge in [-0.05, 0) is 68.2 Å². The SMILES string of the molecule is CCc1nn(CC)c(CNCC2CCCN(C)C2)c1Br. The van der Waals surface area contributed by atoms with Crippen LogP contribution >= 0.6 is 15.9 Å². The van der Waals surface area contributed by atoms with E-state index in [1.165, 1.54) is 41.8 Å². The molecule has 2 rings (SSSR count). The number of aromatic nitrogens is 2. The third kappa shape index (κ3) is 3.83. The Morgan fingerprint density at radius 2 is 2.20 bits per heavy atom. The minimum atomic E-state index is 0.788. The monoisotopic (exact) mass is 342 g/mol. The molecule has 0 bridgehead atoms. The number of nitrogens with zero attached hydrogens (tertiary/aromatic N) is 3. The van der Waals surface area contributed by atoms with Gasteiger partial charge in [-0.3, -0.25) is 4.68 Å². The van der Waals surface area contributed by atoms with Crippen molar-refractivity contribution in [1.82, 2.24) is 20.0 Å². The number of aryl methyl sites for hydroxylation is 2. The highest BCUT2D eigenvalue weighted by molar-refractivity contribution is 9.10. The Kier molecular flexibility index (Phi) is 6.05. The Morgan fingerprint density at radius 3 is 2.85 bits per heavy atom. The third-order valence-electron chi connectivity index (χ3n) is 4.14. The number of nitrogens with one attached hydrogen (secondary N) is 1. The predicted molar refractivity (Wildman–Crippen MR) is 86.9 cm³/mol. The van der Waals surface area contributed by atoms with Gasteiger partial charge in [0, 0.05) is 19.6 Å². The first-order valence-electron chi connectivity index (χ1n) is 7.79. The molecule has 0 aliphatic carbocycles. The van der Waals surface area contributed by atoms with Gasteiger partial charge in [-0.25, -0.2) is 0 Å². The Hall–Kier alpha value is -0.390. The first-order valence-corrected chi connectivity index (χ1v) is 8.58. The van der Waals surface area contributed by atoms with Crippen LogP contribution in [0.15, 0.2) is 4.47 Å². The Morgan fingerprint density at radius 1 is 1.40 bits per heavy atom. The fourth-order valence-electron chi connectivity index (χ4n) is 3.02. The summed E-state index contributed by atoms with van der Waals surface area (Å²) in [7, 11) is 2.22. The first kappa shape index (κ1) is 16.0. The van der Waals surface area contributed by atoms with Crippen LogP contribution in [-0.4, -0.2) is 41.4 Å². The molecule has 4 nitrogen and oxygen atoms in total. The van der Waals surface area contributed by atoms with Crippen LogP contribution < -0.4 is 5.32 Å². The Bertz CT molecular complexity index is 430. The molecule has 5 heteroatoms. The van der Waals surface area contributed by atoms with Gasteiger partial charge >= 0.3 is 0 Å². The van der Waals surface area contributed by atoms with Gasteiger partial charge in [0.15, 0.2) is 0 Å². The largest absolute Gasteiger partial charge is 0.311 e. The molecule has 1 saturated heterocycles. The van der Waals surface area contributed by atoms with E-state index >= 15 is 0 Å². The van der Waals surface area contributed by atoms with Gasteiger partial charge in [0.1, 0.15) is 0 Å². The molecular weight excluding hydrogens is 316 g/mol. The zero-order valence-corrected chi connectivity index (χ0v) is 14.5. The summed E-state index contributed by atoms with van der Waals surface area (Å²) in [6.45, 7) is 9.73. The Balaban J connectivity index is 1.88. The van der Waals surface area contributed by atoms with Gasteiger partial charge in [0.05, 0.1) is 15.9 Å². The van der Waals surface area contributed by atoms with Gasteiger partial charge in [-0.2, -0.15) is 5.10 Å². The molecule has 1 aliphatic rings. The molecule has 20 heavy (non-hydrogen) atoms. The third-order valence-corrected chi connectivity index (χ3v) is 5.06. The maximum absolute atomic E-state index is 4.65. The van der Waals surface area contributed by atoms with Crippen LogP contribution in [0.1, 0.15) is 38.1 Å². The molecular formula is C15H27BrN4. The summed E-state index contributed by atoms with van der Waals surface area (Å²) in [4.78, 5) is 2.44. The first-order chi connectivity index (χ1) is 9.65. The lowest BCUT2D eigenvalue weighted by molar-refractivity contribution is 0.206. The smallest absolute Gasteiger partial charge is 0.0767 e. The van der Waals surface area contributed by atoms with E-state index in [1.807, 2.05) is 0 Å². The molecule has 0 aromatic carbocycles. The lowest BCUT2D eigenvalue weighted by atomic mass is 9.98. The van der Waals surface area contributed by atoms with Crippen LogP contribution in [0.3, 0.4) is 0 Å². The summed E-state index contributed by atoms with van der Waals surface area (Å²) >= 11 is 3.71. The number of hydrogen-bond acceptors (Lipinski definition) is 3. The second-order valence-corrected chi connectivity index (χ2v) is 6.57. The summed E-state index contributed by atoms with van der Waals surface area (Å²) in [5, 5.41) is 8.27. The summed E-state index contributed by atoms with van der Waals surface area (Å²) in [5.41, 5.74) is 2.45. The minimum absolute atomic E-state index is 0.788. The highest BCUT2D eigenvalue weighted by Gasteiger charge is 2.18. The van der Waals surface area contributed by atoms with Crippen molar-refractivity contribution >= 4 is 15.9 Å². The second kappa shape index (κ2) is 7.57. The molecule has 0 amide bonds. The number of hydrogen-bond donors (Lipinski definition) is 1. The fraction of sp³-hybridized carbons (Fsp3) is 0.800. The maximum Gasteiger partial charge on any atom is 0.0767 e. The van der Waals surface area contributed by atoms with Gasteiger partial charge < -0.3 is 10.2 Å². The summed E-state index contributed by atoms with van der Waals surface area (Å²) in [6, 6.07) is 0. The van der Waals surface area contributed by atoms with Crippen molar-refractivity contribution in [3.63, 3.8) is 0 Å². The van der Waals surface area contributed by atoms with Crippen molar-refractivity contribution in [2.75, 3.05) is 26.7 Å². The van der Waals surface area contributed by atoms with E-state index in [1.54, 1.807) is 0 Å². The molecule has 0 saturated carbocycles. The molecule has 0 radical (unpaired) electrons. The van der Waals surface area contributed by atoms with Gasteiger partial charge in [-0.1, -0.05) is 6.92 Å². The number of piperidine rings is 1. The van der Waals surface area contributed by atoms with E-state index in [0.29, 0.717) is 0 Å².